The van der Waals surface area contributed by atoms with Crippen LogP contribution in [-0.4, -0.2) is 0 Å². The first-order valence-corrected chi connectivity index (χ1v) is 11.9. The molecule has 0 aliphatic rings. The van der Waals surface area contributed by atoms with Gasteiger partial charge in [-0.15, -0.1) is 12.8 Å². The van der Waals surface area contributed by atoms with Crippen molar-refractivity contribution in [1.29, 1.82) is 0 Å². The Morgan fingerprint density at radius 2 is 0.621 bits per heavy atom. The van der Waals surface area contributed by atoms with Crippen LogP contribution in [0.3, 0.4) is 0 Å². The molecule has 0 heterocycles. The molecule has 0 atom stereocenters. The highest BCUT2D eigenvalue weighted by Crippen LogP contribution is 2.08. The second kappa shape index (κ2) is 41.2. The van der Waals surface area contributed by atoms with E-state index in [4.69, 9.17) is 0 Å². The number of unbranched alkanes of at least 4 members (excludes halogenated alkanes) is 3. The van der Waals surface area contributed by atoms with Crippen molar-refractivity contribution in [2.45, 2.75) is 135 Å². The Labute approximate surface area is 189 Å². The van der Waals surface area contributed by atoms with E-state index in [0.717, 1.165) is 0 Å². The molecular formula is C29H60. The molecule has 29 heavy (non-hydrogen) atoms. The van der Waals surface area contributed by atoms with Crippen molar-refractivity contribution in [2.75, 3.05) is 0 Å². The van der Waals surface area contributed by atoms with E-state index in [2.05, 4.69) is 120 Å². The zero-order valence-electron chi connectivity index (χ0n) is 23.2. The van der Waals surface area contributed by atoms with Crippen molar-refractivity contribution in [3.63, 3.8) is 0 Å². The molecule has 1 aromatic rings. The van der Waals surface area contributed by atoms with E-state index < -0.39 is 0 Å². The molecule has 0 aromatic heterocycles. The van der Waals surface area contributed by atoms with Gasteiger partial charge in [0, 0.05) is 0 Å². The number of hydrogen-bond donors (Lipinski definition) is 0. The van der Waals surface area contributed by atoms with Gasteiger partial charge in [-0.05, 0) is 19.3 Å². The van der Waals surface area contributed by atoms with Crippen molar-refractivity contribution < 1.29 is 0 Å². The zero-order chi connectivity index (χ0) is 24.7. The van der Waals surface area contributed by atoms with Gasteiger partial charge in [0.2, 0.25) is 0 Å². The minimum absolute atomic E-state index is 0.500. The quantitative estimate of drug-likeness (QED) is 0.436. The Kier molecular flexibility index (Phi) is 59.7. The molecule has 0 radical (unpaired) electrons. The summed E-state index contributed by atoms with van der Waals surface area (Å²) in [4.78, 5) is 0. The maximum atomic E-state index is 4.00. The number of terminal acetylenes is 1. The molecule has 0 unspecified atom stereocenters. The van der Waals surface area contributed by atoms with Gasteiger partial charge in [-0.3, -0.25) is 0 Å². The number of benzene rings is 1. The van der Waals surface area contributed by atoms with Gasteiger partial charge in [0.15, 0.2) is 0 Å². The topological polar surface area (TPSA) is 0 Å². The average Bonchev–Trinajstić information content (AvgIpc) is 2.72. The van der Waals surface area contributed by atoms with Crippen LogP contribution in [-0.2, 0) is 0 Å². The van der Waals surface area contributed by atoms with Crippen LogP contribution in [0.5, 0.6) is 0 Å². The molecule has 0 bridgehead atoms. The monoisotopic (exact) mass is 408 g/mol. The lowest BCUT2D eigenvalue weighted by molar-refractivity contribution is 0.469. The summed E-state index contributed by atoms with van der Waals surface area (Å²) in [6, 6.07) is 8.48. The lowest BCUT2D eigenvalue weighted by Crippen LogP contribution is -1.93. The van der Waals surface area contributed by atoms with Gasteiger partial charge >= 0.3 is 0 Å². The van der Waals surface area contributed by atoms with Gasteiger partial charge in [0.05, 0.1) is 0 Å². The molecule has 0 fully saturated rings. The van der Waals surface area contributed by atoms with E-state index in [1.54, 1.807) is 0 Å². The van der Waals surface area contributed by atoms with E-state index in [9.17, 15) is 0 Å². The number of hydrogen-bond acceptors (Lipinski definition) is 0. The fourth-order valence-electron chi connectivity index (χ4n) is 0.637. The normalized spacial score (nSPS) is 8.00. The second-order valence-corrected chi connectivity index (χ2v) is 8.15. The van der Waals surface area contributed by atoms with Crippen LogP contribution in [0.1, 0.15) is 133 Å². The van der Waals surface area contributed by atoms with E-state index in [-0.39, 0.29) is 0 Å². The highest BCUT2D eigenvalue weighted by molar-refractivity contribution is 5.19. The molecule has 176 valence electrons. The third-order valence-electron chi connectivity index (χ3n) is 2.72. The molecule has 1 aromatic carbocycles. The number of rotatable bonds is 3. The van der Waals surface area contributed by atoms with E-state index in [0.29, 0.717) is 5.41 Å². The third-order valence-corrected chi connectivity index (χ3v) is 2.72. The lowest BCUT2D eigenvalue weighted by atomic mass is 10.0. The van der Waals surface area contributed by atoms with Crippen molar-refractivity contribution in [3.8, 4) is 12.8 Å². The fraction of sp³-hybridized carbons (Fsp3) is 0.724. The molecule has 0 saturated carbocycles. The van der Waals surface area contributed by atoms with Crippen LogP contribution < -0.4 is 0 Å². The lowest BCUT2D eigenvalue weighted by Gasteiger charge is -2.05. The molecule has 0 N–H and O–H groups in total. The Morgan fingerprint density at radius 3 is 0.690 bits per heavy atom. The van der Waals surface area contributed by atoms with Gasteiger partial charge in [-0.1, -0.05) is 157 Å². The molecule has 0 nitrogen and oxygen atoms in total. The summed E-state index contributed by atoms with van der Waals surface area (Å²) in [5, 5.41) is 0. The molecule has 1 rings (SSSR count). The van der Waals surface area contributed by atoms with Crippen molar-refractivity contribution in [3.05, 3.63) is 35.4 Å². The zero-order valence-corrected chi connectivity index (χ0v) is 23.2. The predicted octanol–water partition coefficient (Wildman–Crippen LogP) is 11.1. The summed E-state index contributed by atoms with van der Waals surface area (Å²) in [6.07, 6.45) is 15.9. The summed E-state index contributed by atoms with van der Waals surface area (Å²) < 4.78 is 0. The van der Waals surface area contributed by atoms with Crippen LogP contribution in [0.15, 0.2) is 24.3 Å². The summed E-state index contributed by atoms with van der Waals surface area (Å²) >= 11 is 0. The van der Waals surface area contributed by atoms with E-state index >= 15 is 0 Å². The van der Waals surface area contributed by atoms with Gasteiger partial charge < -0.3 is 0 Å². The second-order valence-electron chi connectivity index (χ2n) is 8.15. The number of aryl methyl sites for hydroxylation is 2. The Bertz CT molecular complexity index is 292. The summed E-state index contributed by atoms with van der Waals surface area (Å²) in [7, 11) is 0. The molecule has 0 saturated heterocycles. The van der Waals surface area contributed by atoms with Crippen molar-refractivity contribution >= 4 is 0 Å². The van der Waals surface area contributed by atoms with Crippen LogP contribution in [0.25, 0.3) is 0 Å². The Hall–Kier alpha value is -1.22. The van der Waals surface area contributed by atoms with Crippen LogP contribution >= 0.6 is 0 Å². The van der Waals surface area contributed by atoms with E-state index in [1.165, 1.54) is 49.7 Å². The smallest absolute Gasteiger partial charge is 0.0398 e. The van der Waals surface area contributed by atoms with Crippen LogP contribution in [0.2, 0.25) is 0 Å². The molecule has 0 spiro atoms. The molecule has 0 heteroatoms. The minimum atomic E-state index is 0.500. The van der Waals surface area contributed by atoms with Gasteiger partial charge in [0.1, 0.15) is 0 Å². The first kappa shape index (κ1) is 42.0. The van der Waals surface area contributed by atoms with Crippen molar-refractivity contribution in [1.82, 2.24) is 0 Å². The predicted molar refractivity (Wildman–Crippen MR) is 144 cm³/mol. The summed E-state index contributed by atoms with van der Waals surface area (Å²) in [6.45, 7) is 30.0. The highest BCUT2D eigenvalue weighted by atomic mass is 14.0. The fourth-order valence-corrected chi connectivity index (χ4v) is 0.637. The van der Waals surface area contributed by atoms with Crippen molar-refractivity contribution in [2.24, 2.45) is 5.41 Å². The molecular weight excluding hydrogens is 348 g/mol. The van der Waals surface area contributed by atoms with Gasteiger partial charge in [0.25, 0.3) is 0 Å². The maximum Gasteiger partial charge on any atom is -0.0398 e. The largest absolute Gasteiger partial charge is 0.124 e. The van der Waals surface area contributed by atoms with Crippen LogP contribution in [0, 0.1) is 32.1 Å². The Morgan fingerprint density at radius 1 is 0.517 bits per heavy atom. The maximum absolute atomic E-state index is 4.00. The van der Waals surface area contributed by atoms with E-state index in [1.807, 2.05) is 13.8 Å². The standard InChI is InChI=1S/C8H10.C5H12.3C4H10.C2H6.C2H2/c1-7-3-5-8(2)6-4-7;1-5(2,3)4;3*1-3-4-2;2*1-2/h3-6H,1-2H3;1-4H3;3*3-4H2,1-2H3;1-2H3;1-2H. The molecule has 0 aliphatic carbocycles. The van der Waals surface area contributed by atoms with Crippen LogP contribution in [0.4, 0.5) is 0 Å². The van der Waals surface area contributed by atoms with Gasteiger partial charge in [-0.2, -0.15) is 0 Å². The first-order valence-electron chi connectivity index (χ1n) is 11.9. The summed E-state index contributed by atoms with van der Waals surface area (Å²) in [5.41, 5.74) is 3.16. The minimum Gasteiger partial charge on any atom is -0.124 e. The average molecular weight is 409 g/mol. The first-order chi connectivity index (χ1) is 13.5. The SMILES string of the molecule is C#C.CC.CC(C)(C)C.CCCC.CCCC.CCCC.Cc1ccc(C)cc1. The third kappa shape index (κ3) is 119. The highest BCUT2D eigenvalue weighted by Gasteiger charge is 1.95. The molecule has 0 aliphatic heterocycles. The van der Waals surface area contributed by atoms with Gasteiger partial charge in [-0.25, -0.2) is 0 Å². The summed E-state index contributed by atoms with van der Waals surface area (Å²) in [5.74, 6) is 0. The molecule has 0 amide bonds. The Balaban J connectivity index is -0.0000000564.